The summed E-state index contributed by atoms with van der Waals surface area (Å²) in [4.78, 5) is 34.5. The van der Waals surface area contributed by atoms with Gasteiger partial charge in [-0.25, -0.2) is 5.43 Å². The van der Waals surface area contributed by atoms with Gasteiger partial charge >= 0.3 is 11.8 Å². The molecule has 0 aliphatic heterocycles. The highest BCUT2D eigenvalue weighted by atomic mass is 35.5. The zero-order valence-corrected chi connectivity index (χ0v) is 14.2. The minimum Gasteiger partial charge on any atom is -0.395 e. The minimum atomic E-state index is -0.999. The monoisotopic (exact) mass is 374 g/mol. The molecule has 0 heterocycles. The highest BCUT2D eigenvalue weighted by Gasteiger charge is 2.13. The molecular formula is C14H16Cl2N4O4. The van der Waals surface area contributed by atoms with Crippen molar-refractivity contribution in [3.63, 3.8) is 0 Å². The Labute approximate surface area is 148 Å². The molecule has 24 heavy (non-hydrogen) atoms. The van der Waals surface area contributed by atoms with Crippen LogP contribution in [0.3, 0.4) is 0 Å². The van der Waals surface area contributed by atoms with E-state index in [2.05, 4.69) is 15.7 Å². The summed E-state index contributed by atoms with van der Waals surface area (Å²) in [6.07, 6.45) is -0.124. The number of carbonyl (C=O) groups is 3. The minimum absolute atomic E-state index is 0.0439. The van der Waals surface area contributed by atoms with E-state index in [1.165, 1.54) is 6.92 Å². The summed E-state index contributed by atoms with van der Waals surface area (Å²) in [6.45, 7) is 1.18. The number of anilines is 1. The Balaban J connectivity index is 2.53. The topological polar surface area (TPSA) is 120 Å². The summed E-state index contributed by atoms with van der Waals surface area (Å²) in [5, 5.41) is 17.4. The highest BCUT2D eigenvalue weighted by Crippen LogP contribution is 2.29. The van der Waals surface area contributed by atoms with E-state index in [1.807, 2.05) is 5.43 Å². The summed E-state index contributed by atoms with van der Waals surface area (Å²) >= 11 is 11.8. The molecule has 0 spiro atoms. The number of hydrogen-bond acceptors (Lipinski definition) is 5. The van der Waals surface area contributed by atoms with Crippen LogP contribution in [0.5, 0.6) is 0 Å². The van der Waals surface area contributed by atoms with Crippen LogP contribution in [0.4, 0.5) is 5.69 Å². The molecule has 130 valence electrons. The summed E-state index contributed by atoms with van der Waals surface area (Å²) in [6, 6.07) is 4.81. The first-order chi connectivity index (χ1) is 11.3. The molecule has 1 aromatic rings. The van der Waals surface area contributed by atoms with Crippen molar-refractivity contribution < 1.29 is 19.5 Å². The van der Waals surface area contributed by atoms with Crippen LogP contribution in [-0.4, -0.2) is 41.7 Å². The molecule has 4 N–H and O–H groups in total. The predicted molar refractivity (Wildman–Crippen MR) is 91.1 cm³/mol. The average Bonchev–Trinajstić information content (AvgIpc) is 2.54. The predicted octanol–water partition coefficient (Wildman–Crippen LogP) is 0.923. The molecule has 0 saturated heterocycles. The third-order valence-corrected chi connectivity index (χ3v) is 3.41. The van der Waals surface area contributed by atoms with E-state index in [9.17, 15) is 14.4 Å². The lowest BCUT2D eigenvalue weighted by Crippen LogP contribution is -2.39. The van der Waals surface area contributed by atoms with E-state index in [0.717, 1.165) is 0 Å². The number of halogens is 2. The number of hydrazone groups is 1. The number of carbonyl (C=O) groups excluding carboxylic acids is 3. The molecule has 0 bridgehead atoms. The number of rotatable bonds is 6. The normalized spacial score (nSPS) is 10.9. The number of hydrogen-bond donors (Lipinski definition) is 4. The van der Waals surface area contributed by atoms with E-state index in [1.54, 1.807) is 18.2 Å². The molecule has 1 aromatic carbocycles. The van der Waals surface area contributed by atoms with Crippen LogP contribution in [-0.2, 0) is 14.4 Å². The van der Waals surface area contributed by atoms with Gasteiger partial charge in [-0.1, -0.05) is 29.3 Å². The van der Waals surface area contributed by atoms with Crippen molar-refractivity contribution in [2.24, 2.45) is 5.10 Å². The van der Waals surface area contributed by atoms with E-state index in [4.69, 9.17) is 28.3 Å². The molecule has 0 aromatic heterocycles. The lowest BCUT2D eigenvalue weighted by Gasteiger charge is -2.08. The Morgan fingerprint density at radius 3 is 2.58 bits per heavy atom. The number of nitrogens with zero attached hydrogens (tertiary/aromatic N) is 1. The van der Waals surface area contributed by atoms with Crippen LogP contribution in [0, 0.1) is 0 Å². The van der Waals surface area contributed by atoms with E-state index < -0.39 is 17.7 Å². The fraction of sp³-hybridized carbons (Fsp3) is 0.286. The largest absolute Gasteiger partial charge is 0.395 e. The van der Waals surface area contributed by atoms with E-state index in [-0.39, 0.29) is 30.3 Å². The van der Waals surface area contributed by atoms with Gasteiger partial charge in [0.15, 0.2) is 0 Å². The molecule has 0 fully saturated rings. The van der Waals surface area contributed by atoms with Gasteiger partial charge in [-0.2, -0.15) is 5.10 Å². The molecule has 1 rings (SSSR count). The number of amides is 3. The van der Waals surface area contributed by atoms with Gasteiger partial charge in [-0.15, -0.1) is 0 Å². The molecular weight excluding hydrogens is 359 g/mol. The van der Waals surface area contributed by atoms with Crippen LogP contribution in [0.25, 0.3) is 0 Å². The Morgan fingerprint density at radius 1 is 1.21 bits per heavy atom. The first-order valence-corrected chi connectivity index (χ1v) is 7.56. The summed E-state index contributed by atoms with van der Waals surface area (Å²) in [7, 11) is 0. The maximum absolute atomic E-state index is 11.9. The number of aliphatic hydroxyl groups excluding tert-OH is 1. The second-order valence-electron chi connectivity index (χ2n) is 4.59. The van der Waals surface area contributed by atoms with Gasteiger partial charge in [0.05, 0.1) is 28.8 Å². The zero-order chi connectivity index (χ0) is 18.1. The van der Waals surface area contributed by atoms with E-state index in [0.29, 0.717) is 10.7 Å². The fourth-order valence-corrected chi connectivity index (χ4v) is 1.86. The molecule has 3 amide bonds. The summed E-state index contributed by atoms with van der Waals surface area (Å²) < 4.78 is 0. The first kappa shape index (κ1) is 19.9. The molecule has 0 atom stereocenters. The van der Waals surface area contributed by atoms with Gasteiger partial charge in [-0.05, 0) is 19.1 Å². The molecule has 0 saturated carbocycles. The maximum atomic E-state index is 11.9. The van der Waals surface area contributed by atoms with Gasteiger partial charge in [0.1, 0.15) is 0 Å². The molecule has 0 aliphatic carbocycles. The first-order valence-electron chi connectivity index (χ1n) is 6.81. The maximum Gasteiger partial charge on any atom is 0.329 e. The van der Waals surface area contributed by atoms with Crippen molar-refractivity contribution in [2.45, 2.75) is 13.3 Å². The van der Waals surface area contributed by atoms with Gasteiger partial charge in [0.2, 0.25) is 5.91 Å². The summed E-state index contributed by atoms with van der Waals surface area (Å²) in [5.74, 6) is -2.35. The van der Waals surface area contributed by atoms with Gasteiger partial charge in [-0.3, -0.25) is 14.4 Å². The van der Waals surface area contributed by atoms with Gasteiger partial charge in [0.25, 0.3) is 0 Å². The third kappa shape index (κ3) is 6.53. The smallest absolute Gasteiger partial charge is 0.329 e. The van der Waals surface area contributed by atoms with E-state index >= 15 is 0 Å². The van der Waals surface area contributed by atoms with Crippen LogP contribution >= 0.6 is 23.2 Å². The second kappa shape index (κ2) is 9.86. The Hall–Kier alpha value is -2.16. The van der Waals surface area contributed by atoms with Gasteiger partial charge in [0, 0.05) is 12.3 Å². The Bertz CT molecular complexity index is 664. The second-order valence-corrected chi connectivity index (χ2v) is 5.38. The number of aliphatic hydroxyl groups is 1. The van der Waals surface area contributed by atoms with Crippen molar-refractivity contribution in [2.75, 3.05) is 18.5 Å². The zero-order valence-electron chi connectivity index (χ0n) is 12.7. The fourth-order valence-electron chi connectivity index (χ4n) is 1.51. The number of benzene rings is 1. The quantitative estimate of drug-likeness (QED) is 0.336. The molecule has 8 nitrogen and oxygen atoms in total. The number of nitrogens with one attached hydrogen (secondary N) is 3. The summed E-state index contributed by atoms with van der Waals surface area (Å²) in [5.41, 5.74) is 2.64. The highest BCUT2D eigenvalue weighted by molar-refractivity contribution is 6.44. The van der Waals surface area contributed by atoms with Crippen molar-refractivity contribution in [3.8, 4) is 0 Å². The average molecular weight is 375 g/mol. The lowest BCUT2D eigenvalue weighted by molar-refractivity contribution is -0.139. The van der Waals surface area contributed by atoms with Crippen LogP contribution < -0.4 is 16.1 Å². The standard InChI is InChI=1S/C14H16Cl2N4O4/c1-8(19-20-14(24)13(23)17-5-6-21)7-11(22)18-10-4-2-3-9(15)12(10)16/h2-4,21H,5-7H2,1H3,(H,17,23)(H,18,22)(H,20,24)/b19-8-. The lowest BCUT2D eigenvalue weighted by atomic mass is 10.2. The molecule has 0 unspecified atom stereocenters. The van der Waals surface area contributed by atoms with Crippen LogP contribution in [0.2, 0.25) is 10.0 Å². The Kier molecular flexibility index (Phi) is 8.17. The SMILES string of the molecule is C/C(CC(=O)Nc1cccc(Cl)c1Cl)=N/NC(=O)C(=O)NCCO. The van der Waals surface area contributed by atoms with Gasteiger partial charge < -0.3 is 15.7 Å². The molecule has 10 heteroatoms. The van der Waals surface area contributed by atoms with Crippen LogP contribution in [0.15, 0.2) is 23.3 Å². The molecule has 0 aliphatic rings. The Morgan fingerprint density at radius 2 is 1.92 bits per heavy atom. The molecule has 0 radical (unpaired) electrons. The van der Waals surface area contributed by atoms with Crippen LogP contribution in [0.1, 0.15) is 13.3 Å². The van der Waals surface area contributed by atoms with Crippen molar-refractivity contribution >= 4 is 52.3 Å². The third-order valence-electron chi connectivity index (χ3n) is 2.59. The van der Waals surface area contributed by atoms with Crippen molar-refractivity contribution in [1.82, 2.24) is 10.7 Å². The van der Waals surface area contributed by atoms with Crippen molar-refractivity contribution in [3.05, 3.63) is 28.2 Å². The van der Waals surface area contributed by atoms with Crippen molar-refractivity contribution in [1.29, 1.82) is 0 Å².